The van der Waals surface area contributed by atoms with Crippen molar-refractivity contribution in [1.82, 2.24) is 0 Å². The van der Waals surface area contributed by atoms with E-state index >= 15 is 0 Å². The van der Waals surface area contributed by atoms with Gasteiger partial charge in [-0.3, -0.25) is 9.59 Å². The second-order valence-electron chi connectivity index (χ2n) is 13.4. The molecule has 0 heterocycles. The average Bonchev–Trinajstić information content (AvgIpc) is 3.06. The molecule has 0 aliphatic carbocycles. The normalized spacial score (nSPS) is 12.3. The van der Waals surface area contributed by atoms with Gasteiger partial charge in [0.05, 0.1) is 0 Å². The van der Waals surface area contributed by atoms with Gasteiger partial charge >= 0.3 is 11.9 Å². The number of hydrogen-bond donors (Lipinski definition) is 1. The summed E-state index contributed by atoms with van der Waals surface area (Å²) in [4.78, 5) is 23.9. The van der Waals surface area contributed by atoms with Gasteiger partial charge in [0, 0.05) is 12.8 Å². The van der Waals surface area contributed by atoms with Crippen LogP contribution in [0.1, 0.15) is 206 Å². The second kappa shape index (κ2) is 37.8. The third kappa shape index (κ3) is 36.8. The maximum absolute atomic E-state index is 12.0. The highest BCUT2D eigenvalue weighted by Crippen LogP contribution is 2.13. The molecule has 0 unspecified atom stereocenters. The van der Waals surface area contributed by atoms with E-state index in [9.17, 15) is 14.7 Å². The fourth-order valence-electron chi connectivity index (χ4n) is 5.60. The Morgan fingerprint density at radius 2 is 0.696 bits per heavy atom. The van der Waals surface area contributed by atoms with Crippen LogP contribution < -0.4 is 0 Å². The molecule has 0 aliphatic heterocycles. The molecule has 5 nitrogen and oxygen atoms in total. The number of aliphatic hydroxyl groups is 1. The quantitative estimate of drug-likeness (QED) is 0.0416. The lowest BCUT2D eigenvalue weighted by atomic mass is 10.1. The van der Waals surface area contributed by atoms with Gasteiger partial charge in [-0.05, 0) is 64.2 Å². The zero-order valence-electron chi connectivity index (χ0n) is 30.6. The molecule has 0 radical (unpaired) electrons. The Morgan fingerprint density at radius 3 is 1.00 bits per heavy atom. The van der Waals surface area contributed by atoms with E-state index in [1.807, 2.05) is 0 Å². The molecule has 1 atom stereocenters. The molecule has 0 fully saturated rings. The van der Waals surface area contributed by atoms with Gasteiger partial charge in [-0.1, -0.05) is 154 Å². The number of ether oxygens (including phenoxy) is 2. The summed E-state index contributed by atoms with van der Waals surface area (Å²) in [5, 5.41) is 10.0. The van der Waals surface area contributed by atoms with Crippen LogP contribution in [0.25, 0.3) is 0 Å². The lowest BCUT2D eigenvalue weighted by Crippen LogP contribution is -2.25. The molecule has 270 valence electrons. The molecule has 0 amide bonds. The van der Waals surface area contributed by atoms with E-state index in [1.54, 1.807) is 0 Å². The number of esters is 2. The first kappa shape index (κ1) is 44.4. The lowest BCUT2D eigenvalue weighted by Gasteiger charge is -2.12. The van der Waals surface area contributed by atoms with Crippen molar-refractivity contribution in [3.05, 3.63) is 24.3 Å². The van der Waals surface area contributed by atoms with E-state index in [0.717, 1.165) is 44.9 Å². The standard InChI is InChI=1S/C41H76O5/c1-3-5-7-9-11-13-15-17-19-20-22-24-26-28-30-32-34-36-41(44)46-38-39(42)37-45-40(43)35-33-31-29-27-25-23-21-18-16-14-12-10-8-6-4-2/h17-19,21,39,42H,3-16,20,22-38H2,1-2H3/b19-17-,21-18-/t39-/m1/s1. The van der Waals surface area contributed by atoms with Crippen LogP contribution in [0.2, 0.25) is 0 Å². The van der Waals surface area contributed by atoms with Crippen LogP contribution in [0, 0.1) is 0 Å². The summed E-state index contributed by atoms with van der Waals surface area (Å²) in [6.45, 7) is 4.29. The first-order valence-electron chi connectivity index (χ1n) is 19.9. The van der Waals surface area contributed by atoms with E-state index in [-0.39, 0.29) is 25.2 Å². The van der Waals surface area contributed by atoms with Crippen LogP contribution >= 0.6 is 0 Å². The number of carbonyl (C=O) groups excluding carboxylic acids is 2. The van der Waals surface area contributed by atoms with Gasteiger partial charge in [0.2, 0.25) is 0 Å². The molecule has 46 heavy (non-hydrogen) atoms. The first-order valence-corrected chi connectivity index (χ1v) is 19.9. The zero-order chi connectivity index (χ0) is 33.6. The number of rotatable bonds is 36. The molecular formula is C41H76O5. The van der Waals surface area contributed by atoms with E-state index in [2.05, 4.69) is 38.2 Å². The van der Waals surface area contributed by atoms with E-state index in [0.29, 0.717) is 12.8 Å². The molecule has 0 spiro atoms. The van der Waals surface area contributed by atoms with Gasteiger partial charge in [-0.15, -0.1) is 0 Å². The smallest absolute Gasteiger partial charge is 0.305 e. The number of hydrogen-bond acceptors (Lipinski definition) is 5. The summed E-state index contributed by atoms with van der Waals surface area (Å²) in [5.41, 5.74) is 0. The molecule has 0 saturated heterocycles. The highest BCUT2D eigenvalue weighted by atomic mass is 16.6. The van der Waals surface area contributed by atoms with Gasteiger partial charge in [0.15, 0.2) is 0 Å². The fraction of sp³-hybridized carbons (Fsp3) is 0.854. The summed E-state index contributed by atoms with van der Waals surface area (Å²) < 4.78 is 10.3. The summed E-state index contributed by atoms with van der Waals surface area (Å²) in [6, 6.07) is 0. The summed E-state index contributed by atoms with van der Waals surface area (Å²) >= 11 is 0. The Hall–Kier alpha value is -1.62. The Balaban J connectivity index is 3.43. The van der Waals surface area contributed by atoms with E-state index in [1.165, 1.54) is 135 Å². The van der Waals surface area contributed by atoms with Crippen LogP contribution in [0.15, 0.2) is 24.3 Å². The summed E-state index contributed by atoms with van der Waals surface area (Å²) in [7, 11) is 0. The van der Waals surface area contributed by atoms with Crippen molar-refractivity contribution in [1.29, 1.82) is 0 Å². The molecule has 1 N–H and O–H groups in total. The van der Waals surface area contributed by atoms with Gasteiger partial charge in [-0.2, -0.15) is 0 Å². The third-order valence-corrected chi connectivity index (χ3v) is 8.66. The van der Waals surface area contributed by atoms with Crippen LogP contribution in [-0.2, 0) is 19.1 Å². The number of carbonyl (C=O) groups is 2. The topological polar surface area (TPSA) is 72.8 Å². The SMILES string of the molecule is CCCCCCCC/C=C\CCCCCCCCCC(=O)OC[C@H](O)COC(=O)CCCCCCC/C=C\CCCCCCCC. The molecule has 0 saturated carbocycles. The van der Waals surface area contributed by atoms with Crippen molar-refractivity contribution in [2.24, 2.45) is 0 Å². The van der Waals surface area contributed by atoms with E-state index in [4.69, 9.17) is 9.47 Å². The van der Waals surface area contributed by atoms with Crippen molar-refractivity contribution >= 4 is 11.9 Å². The summed E-state index contributed by atoms with van der Waals surface area (Å²) in [5.74, 6) is -0.575. The van der Waals surface area contributed by atoms with Crippen molar-refractivity contribution < 1.29 is 24.2 Å². The first-order chi connectivity index (χ1) is 22.6. The van der Waals surface area contributed by atoms with Crippen LogP contribution in [0.5, 0.6) is 0 Å². The fourth-order valence-corrected chi connectivity index (χ4v) is 5.60. The molecule has 0 aromatic heterocycles. The van der Waals surface area contributed by atoms with Crippen molar-refractivity contribution in [3.63, 3.8) is 0 Å². The Morgan fingerprint density at radius 1 is 0.435 bits per heavy atom. The second-order valence-corrected chi connectivity index (χ2v) is 13.4. The van der Waals surface area contributed by atoms with Crippen LogP contribution in [0.4, 0.5) is 0 Å². The third-order valence-electron chi connectivity index (χ3n) is 8.66. The Labute approximate surface area is 285 Å². The molecule has 0 bridgehead atoms. The molecule has 0 rings (SSSR count). The number of aliphatic hydroxyl groups excluding tert-OH is 1. The molecule has 0 aromatic rings. The van der Waals surface area contributed by atoms with Gasteiger partial charge in [0.25, 0.3) is 0 Å². The van der Waals surface area contributed by atoms with E-state index < -0.39 is 6.10 Å². The zero-order valence-corrected chi connectivity index (χ0v) is 30.6. The summed E-state index contributed by atoms with van der Waals surface area (Å²) in [6.07, 6.45) is 43.7. The van der Waals surface area contributed by atoms with Crippen molar-refractivity contribution in [2.45, 2.75) is 213 Å². The molecule has 5 heteroatoms. The van der Waals surface area contributed by atoms with Crippen molar-refractivity contribution in [3.8, 4) is 0 Å². The minimum Gasteiger partial charge on any atom is -0.463 e. The van der Waals surface area contributed by atoms with Gasteiger partial charge in [0.1, 0.15) is 19.3 Å². The maximum atomic E-state index is 12.0. The number of allylic oxidation sites excluding steroid dienone is 4. The minimum absolute atomic E-state index is 0.118. The average molecular weight is 649 g/mol. The minimum atomic E-state index is -0.965. The predicted octanol–water partition coefficient (Wildman–Crippen LogP) is 12.3. The van der Waals surface area contributed by atoms with Gasteiger partial charge in [-0.25, -0.2) is 0 Å². The van der Waals surface area contributed by atoms with Crippen molar-refractivity contribution in [2.75, 3.05) is 13.2 Å². The lowest BCUT2D eigenvalue weighted by molar-refractivity contribution is -0.152. The monoisotopic (exact) mass is 649 g/mol. The highest BCUT2D eigenvalue weighted by Gasteiger charge is 2.12. The van der Waals surface area contributed by atoms with Crippen LogP contribution in [-0.4, -0.2) is 36.4 Å². The molecule has 0 aromatic carbocycles. The van der Waals surface area contributed by atoms with Gasteiger partial charge < -0.3 is 14.6 Å². The largest absolute Gasteiger partial charge is 0.463 e. The Bertz CT molecular complexity index is 701. The number of unbranched alkanes of at least 4 members (excludes halogenated alkanes) is 24. The van der Waals surface area contributed by atoms with Crippen LogP contribution in [0.3, 0.4) is 0 Å². The predicted molar refractivity (Wildman–Crippen MR) is 196 cm³/mol. The Kier molecular flexibility index (Phi) is 36.5. The molecule has 0 aliphatic rings. The molecular weight excluding hydrogens is 572 g/mol. The highest BCUT2D eigenvalue weighted by molar-refractivity contribution is 5.69. The maximum Gasteiger partial charge on any atom is 0.305 e.